The zero-order chi connectivity index (χ0) is 8.81. The molecule has 0 atom stereocenters. The van der Waals surface area contributed by atoms with Gasteiger partial charge in [0.05, 0.1) is 5.88 Å². The van der Waals surface area contributed by atoms with Crippen LogP contribution in [0, 0.1) is 0 Å². The van der Waals surface area contributed by atoms with Crippen LogP contribution in [0.4, 0.5) is 0 Å². The molecule has 0 spiro atoms. The minimum atomic E-state index is 0. The van der Waals surface area contributed by atoms with E-state index in [1.54, 1.807) is 0 Å². The number of nitrogens with zero attached hydrogens (tertiary/aromatic N) is 2. The van der Waals surface area contributed by atoms with Gasteiger partial charge in [-0.3, -0.25) is 0 Å². The number of aryl methyl sites for hydroxylation is 1. The van der Waals surface area contributed by atoms with Crippen LogP contribution in [0.3, 0.4) is 0 Å². The van der Waals surface area contributed by atoms with Gasteiger partial charge in [0.2, 0.25) is 0 Å². The average Bonchev–Trinajstić information content (AvgIpc) is 2.52. The Labute approximate surface area is 90.7 Å². The highest BCUT2D eigenvalue weighted by Crippen LogP contribution is 2.04. The summed E-state index contributed by atoms with van der Waals surface area (Å²) in [7, 11) is 0. The van der Waals surface area contributed by atoms with E-state index in [0.717, 1.165) is 12.4 Å². The summed E-state index contributed by atoms with van der Waals surface area (Å²) >= 11 is 5.70. The van der Waals surface area contributed by atoms with Gasteiger partial charge in [0, 0.05) is 18.9 Å². The molecule has 0 unspecified atom stereocenters. The number of hydrogen-bond acceptors (Lipinski definition) is 1. The molecule has 0 aliphatic rings. The highest BCUT2D eigenvalue weighted by molar-refractivity contribution is 6.16. The Bertz CT molecular complexity index is 223. The number of alkyl halides is 1. The Kier molecular flexibility index (Phi) is 7.10. The minimum absolute atomic E-state index is 0. The van der Waals surface area contributed by atoms with Gasteiger partial charge >= 0.3 is 0 Å². The monoisotopic (exact) mass is 222 g/mol. The van der Waals surface area contributed by atoms with Gasteiger partial charge in [-0.2, -0.15) is 0 Å². The maximum Gasteiger partial charge on any atom is 0.123 e. The number of halogens is 2. The highest BCUT2D eigenvalue weighted by atomic mass is 35.5. The van der Waals surface area contributed by atoms with E-state index >= 15 is 0 Å². The predicted octanol–water partition coefficient (Wildman–Crippen LogP) is 3.23. The Hall–Kier alpha value is -0.210. The van der Waals surface area contributed by atoms with Crippen LogP contribution in [-0.4, -0.2) is 9.55 Å². The van der Waals surface area contributed by atoms with Gasteiger partial charge in [-0.15, -0.1) is 24.0 Å². The molecule has 1 aromatic rings. The standard InChI is InChI=1S/C9H15ClN2.ClH/c1-2-3-4-6-12-7-5-11-9(12)8-10;/h5,7H,2-4,6,8H2,1H3;1H. The molecule has 1 aromatic heterocycles. The second-order valence-electron chi connectivity index (χ2n) is 2.88. The van der Waals surface area contributed by atoms with E-state index in [9.17, 15) is 0 Å². The molecule has 13 heavy (non-hydrogen) atoms. The number of aromatic nitrogens is 2. The largest absolute Gasteiger partial charge is 0.334 e. The number of rotatable bonds is 5. The third-order valence-electron chi connectivity index (χ3n) is 1.92. The molecule has 0 aliphatic carbocycles. The lowest BCUT2D eigenvalue weighted by molar-refractivity contribution is 0.588. The molecule has 0 N–H and O–H groups in total. The van der Waals surface area contributed by atoms with Crippen molar-refractivity contribution < 1.29 is 0 Å². The van der Waals surface area contributed by atoms with Gasteiger partial charge in [-0.1, -0.05) is 19.8 Å². The fourth-order valence-corrected chi connectivity index (χ4v) is 1.43. The smallest absolute Gasteiger partial charge is 0.123 e. The topological polar surface area (TPSA) is 17.8 Å². The Morgan fingerprint density at radius 1 is 1.46 bits per heavy atom. The van der Waals surface area contributed by atoms with Gasteiger partial charge in [0.25, 0.3) is 0 Å². The van der Waals surface area contributed by atoms with Gasteiger partial charge in [-0.25, -0.2) is 4.98 Å². The predicted molar refractivity (Wildman–Crippen MR) is 58.6 cm³/mol. The van der Waals surface area contributed by atoms with Crippen molar-refractivity contribution in [1.29, 1.82) is 0 Å². The quantitative estimate of drug-likeness (QED) is 0.553. The van der Waals surface area contributed by atoms with E-state index in [0.29, 0.717) is 5.88 Å². The summed E-state index contributed by atoms with van der Waals surface area (Å²) in [6, 6.07) is 0. The lowest BCUT2D eigenvalue weighted by Gasteiger charge is -2.03. The van der Waals surface area contributed by atoms with Crippen LogP contribution in [0.5, 0.6) is 0 Å². The Morgan fingerprint density at radius 3 is 2.85 bits per heavy atom. The SMILES string of the molecule is CCCCCn1ccnc1CCl.Cl. The van der Waals surface area contributed by atoms with Crippen molar-refractivity contribution >= 4 is 24.0 Å². The summed E-state index contributed by atoms with van der Waals surface area (Å²) in [6.45, 7) is 3.26. The van der Waals surface area contributed by atoms with E-state index in [4.69, 9.17) is 11.6 Å². The Morgan fingerprint density at radius 2 is 2.23 bits per heavy atom. The fourth-order valence-electron chi connectivity index (χ4n) is 1.21. The Balaban J connectivity index is 0.00000144. The summed E-state index contributed by atoms with van der Waals surface area (Å²) in [6.07, 6.45) is 7.55. The molecule has 0 fully saturated rings. The first-order chi connectivity index (χ1) is 5.88. The summed E-state index contributed by atoms with van der Waals surface area (Å²) < 4.78 is 2.13. The molecule has 0 radical (unpaired) electrons. The zero-order valence-corrected chi connectivity index (χ0v) is 9.44. The molecule has 0 aliphatic heterocycles. The first-order valence-electron chi connectivity index (χ1n) is 4.44. The molecule has 0 amide bonds. The number of imidazole rings is 1. The van der Waals surface area contributed by atoms with Crippen molar-refractivity contribution in [2.75, 3.05) is 0 Å². The third kappa shape index (κ3) is 4.01. The van der Waals surface area contributed by atoms with Gasteiger partial charge in [0.1, 0.15) is 5.82 Å². The molecule has 1 heterocycles. The van der Waals surface area contributed by atoms with Crippen molar-refractivity contribution in [2.45, 2.75) is 38.6 Å². The van der Waals surface area contributed by atoms with Gasteiger partial charge in [0.15, 0.2) is 0 Å². The van der Waals surface area contributed by atoms with E-state index in [1.807, 2.05) is 12.4 Å². The van der Waals surface area contributed by atoms with Crippen molar-refractivity contribution in [3.63, 3.8) is 0 Å². The summed E-state index contributed by atoms with van der Waals surface area (Å²) in [5.41, 5.74) is 0. The van der Waals surface area contributed by atoms with Crippen molar-refractivity contribution in [2.24, 2.45) is 0 Å². The molecule has 0 saturated heterocycles. The van der Waals surface area contributed by atoms with Crippen LogP contribution < -0.4 is 0 Å². The third-order valence-corrected chi connectivity index (χ3v) is 2.16. The van der Waals surface area contributed by atoms with Crippen molar-refractivity contribution in [3.8, 4) is 0 Å². The molecule has 0 saturated carbocycles. The molecular weight excluding hydrogens is 207 g/mol. The minimum Gasteiger partial charge on any atom is -0.334 e. The summed E-state index contributed by atoms with van der Waals surface area (Å²) in [5.74, 6) is 1.49. The second-order valence-corrected chi connectivity index (χ2v) is 3.14. The fraction of sp³-hybridized carbons (Fsp3) is 0.667. The van der Waals surface area contributed by atoms with Crippen LogP contribution in [0.25, 0.3) is 0 Å². The van der Waals surface area contributed by atoms with Crippen LogP contribution in [0.1, 0.15) is 32.0 Å². The van der Waals surface area contributed by atoms with Crippen LogP contribution in [0.15, 0.2) is 12.4 Å². The summed E-state index contributed by atoms with van der Waals surface area (Å²) in [5, 5.41) is 0. The maximum absolute atomic E-state index is 5.70. The van der Waals surface area contributed by atoms with Crippen LogP contribution >= 0.6 is 24.0 Å². The lowest BCUT2D eigenvalue weighted by Crippen LogP contribution is -2.00. The first-order valence-corrected chi connectivity index (χ1v) is 4.98. The molecule has 0 aromatic carbocycles. The number of hydrogen-bond donors (Lipinski definition) is 0. The molecular formula is C9H16Cl2N2. The van der Waals surface area contributed by atoms with Gasteiger partial charge in [-0.05, 0) is 6.42 Å². The number of unbranched alkanes of at least 4 members (excludes halogenated alkanes) is 2. The van der Waals surface area contributed by atoms with E-state index in [-0.39, 0.29) is 12.4 Å². The normalized spacial score (nSPS) is 9.69. The van der Waals surface area contributed by atoms with E-state index < -0.39 is 0 Å². The van der Waals surface area contributed by atoms with Crippen molar-refractivity contribution in [1.82, 2.24) is 9.55 Å². The molecule has 1 rings (SSSR count). The van der Waals surface area contributed by atoms with E-state index in [2.05, 4.69) is 16.5 Å². The molecule has 4 heteroatoms. The summed E-state index contributed by atoms with van der Waals surface area (Å²) in [4.78, 5) is 4.14. The first kappa shape index (κ1) is 12.8. The van der Waals surface area contributed by atoms with E-state index in [1.165, 1.54) is 19.3 Å². The van der Waals surface area contributed by atoms with Crippen molar-refractivity contribution in [3.05, 3.63) is 18.2 Å². The van der Waals surface area contributed by atoms with Crippen LogP contribution in [-0.2, 0) is 12.4 Å². The van der Waals surface area contributed by atoms with Gasteiger partial charge < -0.3 is 4.57 Å². The maximum atomic E-state index is 5.70. The molecule has 2 nitrogen and oxygen atoms in total. The molecule has 76 valence electrons. The highest BCUT2D eigenvalue weighted by Gasteiger charge is 1.98. The average molecular weight is 223 g/mol. The second kappa shape index (κ2) is 7.22. The van der Waals surface area contributed by atoms with Crippen LogP contribution in [0.2, 0.25) is 0 Å². The zero-order valence-electron chi connectivity index (χ0n) is 7.87. The lowest BCUT2D eigenvalue weighted by atomic mass is 10.2. The molecule has 0 bridgehead atoms.